The van der Waals surface area contributed by atoms with Crippen LogP contribution in [0.2, 0.25) is 0 Å². The van der Waals surface area contributed by atoms with Crippen molar-refractivity contribution in [2.75, 3.05) is 18.0 Å². The lowest BCUT2D eigenvalue weighted by atomic mass is 9.95. The molecule has 1 aliphatic carbocycles. The molecule has 4 rings (SSSR count). The Morgan fingerprint density at radius 2 is 1.70 bits per heavy atom. The van der Waals surface area contributed by atoms with Crippen LogP contribution in [-0.2, 0) is 4.79 Å². The third-order valence-electron chi connectivity index (χ3n) is 5.75. The van der Waals surface area contributed by atoms with Gasteiger partial charge in [0.15, 0.2) is 11.6 Å². The monoisotopic (exact) mass is 368 g/mol. The molecule has 7 nitrogen and oxygen atoms in total. The highest BCUT2D eigenvalue weighted by Gasteiger charge is 2.28. The number of hydrogen-bond donors (Lipinski definition) is 1. The van der Waals surface area contributed by atoms with Crippen molar-refractivity contribution in [3.8, 4) is 5.82 Å². The van der Waals surface area contributed by atoms with Crippen molar-refractivity contribution in [1.29, 1.82) is 0 Å². The van der Waals surface area contributed by atoms with Crippen LogP contribution < -0.4 is 10.2 Å². The zero-order valence-electron chi connectivity index (χ0n) is 16.2. The van der Waals surface area contributed by atoms with Gasteiger partial charge in [-0.15, -0.1) is 10.2 Å². The molecule has 2 aromatic heterocycles. The summed E-state index contributed by atoms with van der Waals surface area (Å²) in [5.41, 5.74) is 2.01. The van der Waals surface area contributed by atoms with E-state index < -0.39 is 0 Å². The van der Waals surface area contributed by atoms with E-state index in [1.54, 1.807) is 0 Å². The summed E-state index contributed by atoms with van der Waals surface area (Å²) in [6, 6.07) is 6.39. The summed E-state index contributed by atoms with van der Waals surface area (Å²) in [5.74, 6) is 1.97. The van der Waals surface area contributed by atoms with Crippen LogP contribution in [0.5, 0.6) is 0 Å². The maximum absolute atomic E-state index is 12.5. The molecule has 144 valence electrons. The van der Waals surface area contributed by atoms with Crippen molar-refractivity contribution in [1.82, 2.24) is 25.3 Å². The highest BCUT2D eigenvalue weighted by atomic mass is 16.1. The molecule has 0 bridgehead atoms. The van der Waals surface area contributed by atoms with Gasteiger partial charge in [0.05, 0.1) is 5.69 Å². The number of anilines is 1. The predicted molar refractivity (Wildman–Crippen MR) is 104 cm³/mol. The number of aryl methyl sites for hydroxylation is 2. The van der Waals surface area contributed by atoms with Crippen LogP contribution in [0.15, 0.2) is 18.2 Å². The summed E-state index contributed by atoms with van der Waals surface area (Å²) in [5, 5.41) is 16.4. The molecular weight excluding hydrogens is 340 g/mol. The van der Waals surface area contributed by atoms with Gasteiger partial charge in [0.1, 0.15) is 0 Å². The van der Waals surface area contributed by atoms with Crippen LogP contribution >= 0.6 is 0 Å². The quantitative estimate of drug-likeness (QED) is 0.898. The van der Waals surface area contributed by atoms with Gasteiger partial charge in [-0.25, -0.2) is 4.68 Å². The van der Waals surface area contributed by atoms with Gasteiger partial charge in [-0.3, -0.25) is 4.79 Å². The van der Waals surface area contributed by atoms with Crippen molar-refractivity contribution < 1.29 is 4.79 Å². The fraction of sp³-hybridized carbons (Fsp3) is 0.600. The number of nitrogens with zero attached hydrogens (tertiary/aromatic N) is 5. The van der Waals surface area contributed by atoms with Crippen molar-refractivity contribution in [3.63, 3.8) is 0 Å². The van der Waals surface area contributed by atoms with E-state index in [2.05, 4.69) is 25.5 Å². The summed E-state index contributed by atoms with van der Waals surface area (Å²) in [7, 11) is 0. The molecule has 0 unspecified atom stereocenters. The molecule has 1 aliphatic heterocycles. The minimum atomic E-state index is 0.129. The summed E-state index contributed by atoms with van der Waals surface area (Å²) in [6.45, 7) is 5.67. The second kappa shape index (κ2) is 7.66. The van der Waals surface area contributed by atoms with Crippen LogP contribution in [0.25, 0.3) is 5.82 Å². The molecule has 1 saturated heterocycles. The molecule has 0 radical (unpaired) electrons. The first-order valence-electron chi connectivity index (χ1n) is 10.0. The molecule has 2 aliphatic rings. The average molecular weight is 368 g/mol. The Morgan fingerprint density at radius 1 is 1.04 bits per heavy atom. The predicted octanol–water partition coefficient (Wildman–Crippen LogP) is 2.55. The molecule has 0 aromatic carbocycles. The van der Waals surface area contributed by atoms with Crippen LogP contribution in [-0.4, -0.2) is 45.0 Å². The van der Waals surface area contributed by atoms with E-state index in [-0.39, 0.29) is 11.8 Å². The number of amides is 1. The van der Waals surface area contributed by atoms with Crippen molar-refractivity contribution in [2.45, 2.75) is 58.4 Å². The molecule has 2 aromatic rings. The number of hydrogen-bond acceptors (Lipinski definition) is 5. The van der Waals surface area contributed by atoms with Crippen LogP contribution in [0, 0.1) is 19.8 Å². The summed E-state index contributed by atoms with van der Waals surface area (Å²) in [6.07, 6.45) is 6.52. The number of piperidine rings is 1. The molecule has 3 heterocycles. The van der Waals surface area contributed by atoms with Crippen molar-refractivity contribution >= 4 is 11.7 Å². The lowest BCUT2D eigenvalue weighted by Crippen LogP contribution is -2.43. The van der Waals surface area contributed by atoms with E-state index in [1.807, 2.05) is 36.7 Å². The van der Waals surface area contributed by atoms with E-state index in [4.69, 9.17) is 0 Å². The average Bonchev–Trinajstić information content (AvgIpc) is 3.31. The topological polar surface area (TPSA) is 75.9 Å². The Bertz CT molecular complexity index is 785. The van der Waals surface area contributed by atoms with Crippen molar-refractivity contribution in [3.05, 3.63) is 29.6 Å². The van der Waals surface area contributed by atoms with Gasteiger partial charge in [0, 0.05) is 30.7 Å². The Labute approximate surface area is 160 Å². The second-order valence-corrected chi connectivity index (χ2v) is 7.84. The van der Waals surface area contributed by atoms with Crippen LogP contribution in [0.1, 0.15) is 49.9 Å². The number of aromatic nitrogens is 4. The first-order chi connectivity index (χ1) is 13.1. The largest absolute Gasteiger partial charge is 0.355 e. The van der Waals surface area contributed by atoms with Gasteiger partial charge in [-0.05, 0) is 57.7 Å². The van der Waals surface area contributed by atoms with Gasteiger partial charge in [0.2, 0.25) is 5.91 Å². The zero-order valence-corrected chi connectivity index (χ0v) is 16.2. The smallest absolute Gasteiger partial charge is 0.223 e. The fourth-order valence-electron chi connectivity index (χ4n) is 4.22. The van der Waals surface area contributed by atoms with Crippen LogP contribution in [0.4, 0.5) is 5.82 Å². The van der Waals surface area contributed by atoms with Gasteiger partial charge in [-0.2, -0.15) is 5.10 Å². The maximum atomic E-state index is 12.5. The Balaban J connectivity index is 1.34. The number of rotatable bonds is 4. The lowest BCUT2D eigenvalue weighted by Gasteiger charge is -2.32. The number of nitrogens with one attached hydrogen (secondary N) is 1. The first-order valence-corrected chi connectivity index (χ1v) is 10.0. The Hall–Kier alpha value is -2.44. The summed E-state index contributed by atoms with van der Waals surface area (Å²) in [4.78, 5) is 14.7. The van der Waals surface area contributed by atoms with Gasteiger partial charge in [0.25, 0.3) is 0 Å². The minimum absolute atomic E-state index is 0.129. The Kier molecular flexibility index (Phi) is 5.09. The van der Waals surface area contributed by atoms with Gasteiger partial charge >= 0.3 is 0 Å². The normalized spacial score (nSPS) is 18.8. The lowest BCUT2D eigenvalue weighted by molar-refractivity contribution is -0.126. The summed E-state index contributed by atoms with van der Waals surface area (Å²) >= 11 is 0. The molecule has 7 heteroatoms. The van der Waals surface area contributed by atoms with Gasteiger partial charge < -0.3 is 10.2 Å². The number of carbonyl (C=O) groups is 1. The zero-order chi connectivity index (χ0) is 18.8. The maximum Gasteiger partial charge on any atom is 0.223 e. The number of carbonyl (C=O) groups excluding carboxylic acids is 1. The van der Waals surface area contributed by atoms with Crippen LogP contribution in [0.3, 0.4) is 0 Å². The summed E-state index contributed by atoms with van der Waals surface area (Å²) < 4.78 is 1.81. The van der Waals surface area contributed by atoms with E-state index in [0.29, 0.717) is 6.04 Å². The molecule has 0 atom stereocenters. The molecule has 0 spiro atoms. The highest BCUT2D eigenvalue weighted by Crippen LogP contribution is 2.24. The van der Waals surface area contributed by atoms with E-state index in [9.17, 15) is 4.79 Å². The van der Waals surface area contributed by atoms with E-state index in [1.165, 1.54) is 12.8 Å². The first kappa shape index (κ1) is 17.9. The third kappa shape index (κ3) is 3.96. The molecule has 27 heavy (non-hydrogen) atoms. The molecule has 1 saturated carbocycles. The molecule has 1 amide bonds. The third-order valence-corrected chi connectivity index (χ3v) is 5.75. The standard InChI is InChI=1S/C20H28N6O/c1-14-13-15(2)26(24-14)19-8-7-18(22-23-19)25-11-9-16(10-12-25)20(27)21-17-5-3-4-6-17/h7-8,13,16-17H,3-6,9-12H2,1-2H3,(H,21,27). The molecule has 1 N–H and O–H groups in total. The SMILES string of the molecule is Cc1cc(C)n(-c2ccc(N3CCC(C(=O)NC4CCCC4)CC3)nn2)n1. The Morgan fingerprint density at radius 3 is 2.30 bits per heavy atom. The van der Waals surface area contributed by atoms with E-state index in [0.717, 1.165) is 61.8 Å². The highest BCUT2D eigenvalue weighted by molar-refractivity contribution is 5.79. The van der Waals surface area contributed by atoms with Crippen molar-refractivity contribution in [2.24, 2.45) is 5.92 Å². The van der Waals surface area contributed by atoms with Gasteiger partial charge in [-0.1, -0.05) is 12.8 Å². The molecule has 2 fully saturated rings. The molecular formula is C20H28N6O. The van der Waals surface area contributed by atoms with E-state index >= 15 is 0 Å². The minimum Gasteiger partial charge on any atom is -0.355 e. The fourth-order valence-corrected chi connectivity index (χ4v) is 4.22. The second-order valence-electron chi connectivity index (χ2n) is 7.84.